The summed E-state index contributed by atoms with van der Waals surface area (Å²) in [5, 5.41) is 5.29. The molecule has 3 aliphatic heterocycles. The minimum Gasteiger partial charge on any atom is -0.495 e. The molecule has 8 heteroatoms. The molecule has 4 atom stereocenters. The van der Waals surface area contributed by atoms with Gasteiger partial charge in [0.25, 0.3) is 0 Å². The van der Waals surface area contributed by atoms with Crippen molar-refractivity contribution in [2.45, 2.75) is 12.1 Å². The van der Waals surface area contributed by atoms with Crippen LogP contribution < -0.4 is 15.0 Å². The number of fused-ring (bicyclic) bond motifs is 6. The van der Waals surface area contributed by atoms with E-state index in [4.69, 9.17) is 16.3 Å². The molecule has 2 fully saturated rings. The highest BCUT2D eigenvalue weighted by molar-refractivity contribution is 6.31. The second kappa shape index (κ2) is 9.24. The van der Waals surface area contributed by atoms with Crippen molar-refractivity contribution in [1.29, 1.82) is 0 Å². The molecule has 0 bridgehead atoms. The van der Waals surface area contributed by atoms with Gasteiger partial charge in [0.1, 0.15) is 11.8 Å². The third-order valence-corrected chi connectivity index (χ3v) is 8.38. The van der Waals surface area contributed by atoms with E-state index in [1.54, 1.807) is 24.3 Å². The van der Waals surface area contributed by atoms with E-state index in [1.807, 2.05) is 77.8 Å². The number of hydrogen-bond acceptors (Lipinski definition) is 5. The largest absolute Gasteiger partial charge is 0.495 e. The van der Waals surface area contributed by atoms with Crippen LogP contribution in [-0.4, -0.2) is 35.8 Å². The molecule has 2 saturated heterocycles. The van der Waals surface area contributed by atoms with E-state index >= 15 is 0 Å². The van der Waals surface area contributed by atoms with Crippen LogP contribution in [0.4, 0.5) is 11.4 Å². The van der Waals surface area contributed by atoms with Gasteiger partial charge in [-0.1, -0.05) is 66.2 Å². The number of imide groups is 1. The zero-order valence-corrected chi connectivity index (χ0v) is 22.2. The van der Waals surface area contributed by atoms with Gasteiger partial charge in [0.15, 0.2) is 0 Å². The fraction of sp³-hybridized carbons (Fsp3) is 0.156. The van der Waals surface area contributed by atoms with Crippen LogP contribution in [0.5, 0.6) is 5.75 Å². The maximum atomic E-state index is 14.2. The lowest BCUT2D eigenvalue weighted by Gasteiger charge is -2.35. The van der Waals surface area contributed by atoms with E-state index in [-0.39, 0.29) is 11.8 Å². The van der Waals surface area contributed by atoms with E-state index in [1.165, 1.54) is 12.0 Å². The van der Waals surface area contributed by atoms with Gasteiger partial charge in [0.05, 0.1) is 36.4 Å². The van der Waals surface area contributed by atoms with Gasteiger partial charge in [-0.15, -0.1) is 0 Å². The van der Waals surface area contributed by atoms with Gasteiger partial charge in [0, 0.05) is 11.2 Å². The van der Waals surface area contributed by atoms with E-state index in [9.17, 15) is 14.4 Å². The van der Waals surface area contributed by atoms with Crippen LogP contribution in [0, 0.1) is 11.8 Å². The van der Waals surface area contributed by atoms with Crippen LogP contribution in [-0.2, 0) is 14.4 Å². The lowest BCUT2D eigenvalue weighted by molar-refractivity contribution is -0.128. The highest BCUT2D eigenvalue weighted by Crippen LogP contribution is 2.53. The Bertz CT molecular complexity index is 1750. The number of rotatable bonds is 4. The Morgan fingerprint density at radius 1 is 0.875 bits per heavy atom. The third kappa shape index (κ3) is 3.62. The smallest absolute Gasteiger partial charge is 0.248 e. The van der Waals surface area contributed by atoms with Crippen LogP contribution >= 0.6 is 11.6 Å². The van der Waals surface area contributed by atoms with Crippen molar-refractivity contribution < 1.29 is 19.1 Å². The second-order valence-electron chi connectivity index (χ2n) is 10.2. The summed E-state index contributed by atoms with van der Waals surface area (Å²) in [4.78, 5) is 45.4. The van der Waals surface area contributed by atoms with Crippen LogP contribution in [0.2, 0.25) is 5.02 Å². The maximum absolute atomic E-state index is 14.2. The average Bonchev–Trinajstić information content (AvgIpc) is 3.45. The standard InChI is InChI=1S/C32H24ClN3O4/c1-40-25-13-11-21(33)17-24(25)34-30(37)29-27-26(28-23-9-5-4-7-19(23)14-15-35(28)29)31(38)36(32(27)39)22-12-10-18-6-2-3-8-20(18)16-22/h2-17,26-29H,1H3,(H,34,37). The summed E-state index contributed by atoms with van der Waals surface area (Å²) in [6.45, 7) is 0. The molecule has 4 aromatic carbocycles. The van der Waals surface area contributed by atoms with Crippen LogP contribution in [0.25, 0.3) is 16.8 Å². The fourth-order valence-corrected chi connectivity index (χ4v) is 6.58. The van der Waals surface area contributed by atoms with E-state index in [0.717, 1.165) is 21.9 Å². The zero-order valence-electron chi connectivity index (χ0n) is 21.5. The lowest BCUT2D eigenvalue weighted by Crippen LogP contribution is -2.46. The number of nitrogens with one attached hydrogen (secondary N) is 1. The molecule has 198 valence electrons. The first-order chi connectivity index (χ1) is 19.5. The van der Waals surface area contributed by atoms with Gasteiger partial charge < -0.3 is 15.0 Å². The Morgan fingerprint density at radius 3 is 2.45 bits per heavy atom. The molecule has 0 radical (unpaired) electrons. The SMILES string of the molecule is COc1ccc(Cl)cc1NC(=O)C1C2C(=O)N(c3ccc4ccccc4c3)C(=O)C2C2c3ccccc3C=CN12. The fourth-order valence-electron chi connectivity index (χ4n) is 6.41. The molecule has 0 spiro atoms. The van der Waals surface area contributed by atoms with Crippen molar-refractivity contribution in [2.24, 2.45) is 11.8 Å². The monoisotopic (exact) mass is 549 g/mol. The number of methoxy groups -OCH3 is 1. The summed E-state index contributed by atoms with van der Waals surface area (Å²) in [7, 11) is 1.51. The summed E-state index contributed by atoms with van der Waals surface area (Å²) in [6, 6.07) is 24.7. The molecule has 3 heterocycles. The summed E-state index contributed by atoms with van der Waals surface area (Å²) < 4.78 is 5.42. The normalized spacial score (nSPS) is 22.8. The lowest BCUT2D eigenvalue weighted by atomic mass is 9.84. The van der Waals surface area contributed by atoms with Crippen LogP contribution in [0.1, 0.15) is 17.2 Å². The van der Waals surface area contributed by atoms with Gasteiger partial charge in [0.2, 0.25) is 17.7 Å². The highest BCUT2D eigenvalue weighted by Gasteiger charge is 2.64. The van der Waals surface area contributed by atoms with E-state index < -0.39 is 29.8 Å². The number of nitrogens with zero attached hydrogens (tertiary/aromatic N) is 2. The Hall–Kier alpha value is -4.62. The Labute approximate surface area is 235 Å². The maximum Gasteiger partial charge on any atom is 0.248 e. The summed E-state index contributed by atoms with van der Waals surface area (Å²) in [6.07, 6.45) is 3.74. The molecule has 0 aliphatic carbocycles. The van der Waals surface area contributed by atoms with E-state index in [2.05, 4.69) is 5.32 Å². The first-order valence-electron chi connectivity index (χ1n) is 13.0. The van der Waals surface area contributed by atoms with Crippen molar-refractivity contribution >= 4 is 57.5 Å². The molecule has 40 heavy (non-hydrogen) atoms. The summed E-state index contributed by atoms with van der Waals surface area (Å²) in [5.41, 5.74) is 2.77. The first kappa shape index (κ1) is 24.4. The predicted molar refractivity (Wildman–Crippen MR) is 154 cm³/mol. The van der Waals surface area contributed by atoms with Gasteiger partial charge in [-0.25, -0.2) is 4.90 Å². The quantitative estimate of drug-likeness (QED) is 0.333. The number of halogens is 1. The van der Waals surface area contributed by atoms with Crippen molar-refractivity contribution in [1.82, 2.24) is 4.90 Å². The molecule has 3 amide bonds. The van der Waals surface area contributed by atoms with Crippen molar-refractivity contribution in [3.05, 3.63) is 107 Å². The predicted octanol–water partition coefficient (Wildman–Crippen LogP) is 5.66. The van der Waals surface area contributed by atoms with E-state index in [0.29, 0.717) is 22.1 Å². The molecule has 3 aliphatic rings. The number of anilines is 2. The minimum atomic E-state index is -0.926. The molecule has 0 saturated carbocycles. The molecule has 1 N–H and O–H groups in total. The Balaban J connectivity index is 1.33. The highest BCUT2D eigenvalue weighted by atomic mass is 35.5. The average molecular weight is 550 g/mol. The number of carbonyl (C=O) groups is 3. The Kier molecular flexibility index (Phi) is 5.64. The molecule has 7 rings (SSSR count). The number of carbonyl (C=O) groups excluding carboxylic acids is 3. The molecule has 7 nitrogen and oxygen atoms in total. The van der Waals surface area contributed by atoms with Crippen molar-refractivity contribution in [3.63, 3.8) is 0 Å². The molecule has 0 aromatic heterocycles. The summed E-state index contributed by atoms with van der Waals surface area (Å²) >= 11 is 6.21. The molecule has 4 unspecified atom stereocenters. The number of ether oxygens (including phenoxy) is 1. The van der Waals surface area contributed by atoms with Crippen molar-refractivity contribution in [2.75, 3.05) is 17.3 Å². The number of hydrogen-bond donors (Lipinski definition) is 1. The second-order valence-corrected chi connectivity index (χ2v) is 10.6. The third-order valence-electron chi connectivity index (χ3n) is 8.14. The van der Waals surface area contributed by atoms with Gasteiger partial charge in [-0.05, 0) is 58.3 Å². The van der Waals surface area contributed by atoms with Crippen LogP contribution in [0.3, 0.4) is 0 Å². The van der Waals surface area contributed by atoms with Gasteiger partial charge in [-0.3, -0.25) is 14.4 Å². The zero-order chi connectivity index (χ0) is 27.5. The molecular formula is C32H24ClN3O4. The molecule has 4 aromatic rings. The minimum absolute atomic E-state index is 0.305. The van der Waals surface area contributed by atoms with Gasteiger partial charge >= 0.3 is 0 Å². The van der Waals surface area contributed by atoms with Crippen molar-refractivity contribution in [3.8, 4) is 5.75 Å². The number of benzene rings is 4. The summed E-state index contributed by atoms with van der Waals surface area (Å²) in [5.74, 6) is -2.28. The molecular weight excluding hydrogens is 526 g/mol. The topological polar surface area (TPSA) is 79.0 Å². The van der Waals surface area contributed by atoms with Gasteiger partial charge in [-0.2, -0.15) is 0 Å². The van der Waals surface area contributed by atoms with Crippen LogP contribution in [0.15, 0.2) is 91.1 Å². The Morgan fingerprint density at radius 2 is 1.62 bits per heavy atom. The number of amides is 3. The first-order valence-corrected chi connectivity index (χ1v) is 13.4.